The maximum atomic E-state index is 13.3. The van der Waals surface area contributed by atoms with Crippen molar-refractivity contribution in [3.63, 3.8) is 0 Å². The largest absolute Gasteiger partial charge is 0.418 e. The van der Waals surface area contributed by atoms with Crippen LogP contribution in [-0.4, -0.2) is 11.9 Å². The number of rotatable bonds is 6. The second-order valence-electron chi connectivity index (χ2n) is 8.92. The van der Waals surface area contributed by atoms with Crippen LogP contribution in [0, 0.1) is 27.7 Å². The van der Waals surface area contributed by atoms with Crippen LogP contribution in [-0.2, 0) is 9.47 Å². The Morgan fingerprint density at radius 1 is 0.444 bits per heavy atom. The molecular formula is C32H28O4. The molecule has 0 N–H and O–H groups in total. The number of hydrogen-bond donors (Lipinski definition) is 0. The van der Waals surface area contributed by atoms with Gasteiger partial charge in [-0.05, 0) is 64.1 Å². The molecule has 0 aliphatic rings. The van der Waals surface area contributed by atoms with Crippen LogP contribution in [0.4, 0.5) is 0 Å². The predicted octanol–water partition coefficient (Wildman–Crippen LogP) is 7.46. The van der Waals surface area contributed by atoms with Gasteiger partial charge in [-0.1, -0.05) is 82.9 Å². The first-order valence-electron chi connectivity index (χ1n) is 11.8. The molecule has 4 rings (SSSR count). The van der Waals surface area contributed by atoms with Crippen LogP contribution in [0.2, 0.25) is 0 Å². The highest BCUT2D eigenvalue weighted by atomic mass is 16.6. The van der Waals surface area contributed by atoms with Crippen molar-refractivity contribution in [2.24, 2.45) is 0 Å². The lowest BCUT2D eigenvalue weighted by atomic mass is 10.0. The molecule has 4 nitrogen and oxygen atoms in total. The van der Waals surface area contributed by atoms with Crippen molar-refractivity contribution in [3.8, 4) is 0 Å². The van der Waals surface area contributed by atoms with E-state index in [0.29, 0.717) is 22.3 Å². The Labute approximate surface area is 211 Å². The summed E-state index contributed by atoms with van der Waals surface area (Å²) in [7, 11) is 0. The Balaban J connectivity index is 1.89. The molecule has 0 bridgehead atoms. The maximum absolute atomic E-state index is 13.3. The Bertz CT molecular complexity index is 1350. The second-order valence-corrected chi connectivity index (χ2v) is 8.92. The number of ether oxygens (including phenoxy) is 2. The molecule has 4 aromatic rings. The van der Waals surface area contributed by atoms with Gasteiger partial charge in [0, 0.05) is 11.1 Å². The van der Waals surface area contributed by atoms with E-state index >= 15 is 0 Å². The fourth-order valence-electron chi connectivity index (χ4n) is 3.89. The highest BCUT2D eigenvalue weighted by Crippen LogP contribution is 2.31. The molecule has 0 saturated carbocycles. The van der Waals surface area contributed by atoms with E-state index in [1.165, 1.54) is 0 Å². The molecule has 0 spiro atoms. The molecule has 0 aliphatic carbocycles. The first-order chi connectivity index (χ1) is 17.3. The first kappa shape index (κ1) is 24.7. The molecule has 0 fully saturated rings. The second kappa shape index (κ2) is 10.9. The number of carbonyl (C=O) groups is 2. The zero-order valence-corrected chi connectivity index (χ0v) is 20.9. The lowest BCUT2D eigenvalue weighted by Crippen LogP contribution is -2.11. The molecule has 0 saturated heterocycles. The van der Waals surface area contributed by atoms with E-state index in [-0.39, 0.29) is 11.5 Å². The third-order valence-corrected chi connectivity index (χ3v) is 5.66. The number of aryl methyl sites for hydroxylation is 4. The smallest absolute Gasteiger partial charge is 0.343 e. The van der Waals surface area contributed by atoms with E-state index in [9.17, 15) is 9.59 Å². The van der Waals surface area contributed by atoms with Gasteiger partial charge in [-0.15, -0.1) is 0 Å². The van der Waals surface area contributed by atoms with Gasteiger partial charge in [-0.25, -0.2) is 9.59 Å². The van der Waals surface area contributed by atoms with Gasteiger partial charge in [0.15, 0.2) is 11.5 Å². The molecule has 4 aromatic carbocycles. The summed E-state index contributed by atoms with van der Waals surface area (Å²) in [6.45, 7) is 7.73. The third kappa shape index (κ3) is 5.97. The van der Waals surface area contributed by atoms with Gasteiger partial charge in [0.2, 0.25) is 0 Å². The van der Waals surface area contributed by atoms with Crippen molar-refractivity contribution in [2.75, 3.05) is 0 Å². The van der Waals surface area contributed by atoms with Gasteiger partial charge in [0.05, 0.1) is 11.1 Å². The summed E-state index contributed by atoms with van der Waals surface area (Å²) in [5, 5.41) is 0. The monoisotopic (exact) mass is 476 g/mol. The topological polar surface area (TPSA) is 52.6 Å². The Morgan fingerprint density at radius 2 is 0.722 bits per heavy atom. The van der Waals surface area contributed by atoms with E-state index < -0.39 is 11.9 Å². The predicted molar refractivity (Wildman–Crippen MR) is 142 cm³/mol. The molecular weight excluding hydrogens is 448 g/mol. The van der Waals surface area contributed by atoms with Gasteiger partial charge in [0.25, 0.3) is 0 Å². The Kier molecular flexibility index (Phi) is 7.45. The molecule has 0 unspecified atom stereocenters. The minimum Gasteiger partial charge on any atom is -0.418 e. The maximum Gasteiger partial charge on any atom is 0.343 e. The lowest BCUT2D eigenvalue weighted by Gasteiger charge is -2.17. The summed E-state index contributed by atoms with van der Waals surface area (Å²) in [5.41, 5.74) is 5.91. The number of hydrogen-bond acceptors (Lipinski definition) is 4. The van der Waals surface area contributed by atoms with E-state index in [1.54, 1.807) is 36.4 Å². The van der Waals surface area contributed by atoms with Gasteiger partial charge < -0.3 is 9.47 Å². The standard InChI is InChI=1S/C32H28O4/c1-21-9-5-13-25(17-21)29(35-31(33)27-15-7-11-23(3)19-27)30(26-14-6-10-22(2)18-26)36-32(34)28-16-8-12-24(4)20-28/h5-20H,1-4H3/b30-29+. The summed E-state index contributed by atoms with van der Waals surface area (Å²) >= 11 is 0. The summed E-state index contributed by atoms with van der Waals surface area (Å²) in [4.78, 5) is 26.5. The van der Waals surface area contributed by atoms with Crippen molar-refractivity contribution in [2.45, 2.75) is 27.7 Å². The van der Waals surface area contributed by atoms with E-state index in [1.807, 2.05) is 88.4 Å². The Morgan fingerprint density at radius 3 is 1.03 bits per heavy atom. The summed E-state index contributed by atoms with van der Waals surface area (Å²) < 4.78 is 12.0. The molecule has 0 radical (unpaired) electrons. The molecule has 0 aliphatic heterocycles. The Hall–Kier alpha value is -4.44. The van der Waals surface area contributed by atoms with Crippen LogP contribution in [0.5, 0.6) is 0 Å². The minimum absolute atomic E-state index is 0.178. The first-order valence-corrected chi connectivity index (χ1v) is 11.8. The SMILES string of the molecule is Cc1cccc(C(=O)O/C(=C(/OC(=O)c2cccc(C)c2)c2cccc(C)c2)c2cccc(C)c2)c1. The van der Waals surface area contributed by atoms with Crippen molar-refractivity contribution in [1.29, 1.82) is 0 Å². The van der Waals surface area contributed by atoms with Crippen LogP contribution >= 0.6 is 0 Å². The average molecular weight is 477 g/mol. The zero-order valence-electron chi connectivity index (χ0n) is 20.9. The van der Waals surface area contributed by atoms with Crippen LogP contribution in [0.25, 0.3) is 11.5 Å². The quantitative estimate of drug-likeness (QED) is 0.165. The van der Waals surface area contributed by atoms with Crippen molar-refractivity contribution in [1.82, 2.24) is 0 Å². The molecule has 180 valence electrons. The van der Waals surface area contributed by atoms with E-state index in [4.69, 9.17) is 9.47 Å². The molecule has 0 amide bonds. The summed E-state index contributed by atoms with van der Waals surface area (Å²) in [6.07, 6.45) is 0. The van der Waals surface area contributed by atoms with Crippen LogP contribution in [0.15, 0.2) is 97.1 Å². The average Bonchev–Trinajstić information content (AvgIpc) is 2.86. The number of benzene rings is 4. The van der Waals surface area contributed by atoms with Gasteiger partial charge in [-0.2, -0.15) is 0 Å². The fourth-order valence-corrected chi connectivity index (χ4v) is 3.89. The molecule has 0 heterocycles. The normalized spacial score (nSPS) is 11.4. The summed E-state index contributed by atoms with van der Waals surface area (Å²) in [5.74, 6) is -0.715. The van der Waals surface area contributed by atoms with Crippen molar-refractivity contribution in [3.05, 3.63) is 142 Å². The molecule has 0 aromatic heterocycles. The van der Waals surface area contributed by atoms with Crippen LogP contribution < -0.4 is 0 Å². The number of carbonyl (C=O) groups excluding carboxylic acids is 2. The van der Waals surface area contributed by atoms with Crippen molar-refractivity contribution >= 4 is 23.5 Å². The summed E-state index contributed by atoms with van der Waals surface area (Å²) in [6, 6.07) is 29.5. The van der Waals surface area contributed by atoms with Gasteiger partial charge in [0.1, 0.15) is 0 Å². The van der Waals surface area contributed by atoms with Crippen LogP contribution in [0.3, 0.4) is 0 Å². The van der Waals surface area contributed by atoms with Gasteiger partial charge in [-0.3, -0.25) is 0 Å². The fraction of sp³-hybridized carbons (Fsp3) is 0.125. The molecule has 4 heteroatoms. The minimum atomic E-state index is -0.535. The number of esters is 2. The molecule has 0 atom stereocenters. The highest BCUT2D eigenvalue weighted by molar-refractivity contribution is 6.00. The van der Waals surface area contributed by atoms with Gasteiger partial charge >= 0.3 is 11.9 Å². The highest BCUT2D eigenvalue weighted by Gasteiger charge is 2.23. The molecule has 36 heavy (non-hydrogen) atoms. The van der Waals surface area contributed by atoms with E-state index in [0.717, 1.165) is 22.3 Å². The zero-order chi connectivity index (χ0) is 25.7. The van der Waals surface area contributed by atoms with Crippen LogP contribution in [0.1, 0.15) is 54.1 Å². The lowest BCUT2D eigenvalue weighted by molar-refractivity contribution is 0.0646. The van der Waals surface area contributed by atoms with E-state index in [2.05, 4.69) is 0 Å². The van der Waals surface area contributed by atoms with Crippen molar-refractivity contribution < 1.29 is 19.1 Å². The third-order valence-electron chi connectivity index (χ3n) is 5.66.